The predicted molar refractivity (Wildman–Crippen MR) is 104 cm³/mol. The second-order valence-corrected chi connectivity index (χ2v) is 6.31. The Morgan fingerprint density at radius 3 is 2.65 bits per heavy atom. The van der Waals surface area contributed by atoms with Gasteiger partial charge >= 0.3 is 0 Å². The maximum atomic E-state index is 14.2. The topological polar surface area (TPSA) is 53.6 Å². The molecule has 4 nitrogen and oxygen atoms in total. The third-order valence-corrected chi connectivity index (χ3v) is 4.74. The van der Waals surface area contributed by atoms with E-state index in [2.05, 4.69) is 15.2 Å². The van der Waals surface area contributed by atoms with E-state index in [1.165, 1.54) is 38.2 Å². The zero-order valence-corrected chi connectivity index (χ0v) is 15.8. The first-order valence-electron chi connectivity index (χ1n) is 8.30. The lowest BCUT2D eigenvalue weighted by molar-refractivity contribution is 0.315. The zero-order chi connectivity index (χ0) is 15.4. The molecule has 1 aliphatic heterocycles. The SMILES string of the molecule is I.NC(=NCc1c(F)cccc1N1CCCC1)NCC1CCC1. The number of halogens is 2. The highest BCUT2D eigenvalue weighted by Crippen LogP contribution is 2.27. The molecule has 0 amide bonds. The molecular weight excluding hydrogens is 406 g/mol. The molecular formula is C17H26FIN4. The average molecular weight is 432 g/mol. The number of benzene rings is 1. The number of anilines is 1. The van der Waals surface area contributed by atoms with Crippen LogP contribution in [0.1, 0.15) is 37.7 Å². The van der Waals surface area contributed by atoms with E-state index in [1.807, 2.05) is 6.07 Å². The highest BCUT2D eigenvalue weighted by atomic mass is 127. The maximum absolute atomic E-state index is 14.2. The van der Waals surface area contributed by atoms with Crippen molar-refractivity contribution in [2.24, 2.45) is 16.6 Å². The van der Waals surface area contributed by atoms with E-state index in [4.69, 9.17) is 5.73 Å². The predicted octanol–water partition coefficient (Wildman–Crippen LogP) is 3.25. The molecule has 3 rings (SSSR count). The molecule has 0 radical (unpaired) electrons. The van der Waals surface area contributed by atoms with Crippen molar-refractivity contribution in [3.63, 3.8) is 0 Å². The van der Waals surface area contributed by atoms with E-state index in [9.17, 15) is 4.39 Å². The summed E-state index contributed by atoms with van der Waals surface area (Å²) in [4.78, 5) is 6.58. The first-order valence-corrected chi connectivity index (χ1v) is 8.30. The Bertz CT molecular complexity index is 539. The monoisotopic (exact) mass is 432 g/mol. The van der Waals surface area contributed by atoms with E-state index in [-0.39, 0.29) is 29.8 Å². The van der Waals surface area contributed by atoms with Crippen LogP contribution in [0.5, 0.6) is 0 Å². The molecule has 128 valence electrons. The molecule has 3 N–H and O–H groups in total. The maximum Gasteiger partial charge on any atom is 0.188 e. The summed E-state index contributed by atoms with van der Waals surface area (Å²) in [5.41, 5.74) is 7.52. The van der Waals surface area contributed by atoms with Gasteiger partial charge in [-0.15, -0.1) is 24.0 Å². The number of hydrogen-bond donors (Lipinski definition) is 2. The van der Waals surface area contributed by atoms with Crippen LogP contribution in [0.25, 0.3) is 0 Å². The van der Waals surface area contributed by atoms with Crippen LogP contribution in [0.4, 0.5) is 10.1 Å². The van der Waals surface area contributed by atoms with Gasteiger partial charge < -0.3 is 16.0 Å². The first kappa shape index (κ1) is 18.3. The van der Waals surface area contributed by atoms with Gasteiger partial charge in [-0.2, -0.15) is 0 Å². The molecule has 1 saturated heterocycles. The van der Waals surface area contributed by atoms with Gasteiger partial charge in [0.15, 0.2) is 5.96 Å². The van der Waals surface area contributed by atoms with Crippen molar-refractivity contribution in [1.82, 2.24) is 5.32 Å². The highest BCUT2D eigenvalue weighted by Gasteiger charge is 2.18. The molecule has 1 aromatic rings. The first-order chi connectivity index (χ1) is 10.7. The Morgan fingerprint density at radius 2 is 2.00 bits per heavy atom. The minimum atomic E-state index is -0.194. The molecule has 0 unspecified atom stereocenters. The average Bonchev–Trinajstić information content (AvgIpc) is 2.98. The van der Waals surface area contributed by atoms with Crippen LogP contribution in [0.3, 0.4) is 0 Å². The van der Waals surface area contributed by atoms with Crippen LogP contribution in [0.15, 0.2) is 23.2 Å². The Hall–Kier alpha value is -1.05. The molecule has 0 atom stereocenters. The second kappa shape index (κ2) is 8.70. The zero-order valence-electron chi connectivity index (χ0n) is 13.4. The standard InChI is InChI=1S/C17H25FN4.HI/c18-15-7-4-8-16(22-9-1-2-10-22)14(15)12-21-17(19)20-11-13-5-3-6-13;/h4,7-8,13H,1-3,5-6,9-12H2,(H3,19,20,21);1H. The summed E-state index contributed by atoms with van der Waals surface area (Å²) in [6, 6.07) is 5.26. The number of nitrogens with one attached hydrogen (secondary N) is 1. The van der Waals surface area contributed by atoms with Crippen LogP contribution >= 0.6 is 24.0 Å². The quantitative estimate of drug-likeness (QED) is 0.427. The molecule has 0 bridgehead atoms. The van der Waals surface area contributed by atoms with Gasteiger partial charge in [0, 0.05) is 30.9 Å². The van der Waals surface area contributed by atoms with Crippen molar-refractivity contribution >= 4 is 35.6 Å². The molecule has 1 aromatic carbocycles. The smallest absolute Gasteiger partial charge is 0.188 e. The second-order valence-electron chi connectivity index (χ2n) is 6.31. The van der Waals surface area contributed by atoms with Crippen molar-refractivity contribution in [3.8, 4) is 0 Å². The van der Waals surface area contributed by atoms with E-state index >= 15 is 0 Å². The molecule has 0 aromatic heterocycles. The van der Waals surface area contributed by atoms with Gasteiger partial charge in [-0.25, -0.2) is 9.38 Å². The molecule has 2 aliphatic rings. The number of nitrogens with zero attached hydrogens (tertiary/aromatic N) is 2. The van der Waals surface area contributed by atoms with Crippen LogP contribution in [-0.2, 0) is 6.54 Å². The third-order valence-electron chi connectivity index (χ3n) is 4.74. The molecule has 0 spiro atoms. The summed E-state index contributed by atoms with van der Waals surface area (Å²) in [5.74, 6) is 0.949. The van der Waals surface area contributed by atoms with Crippen LogP contribution in [0.2, 0.25) is 0 Å². The number of hydrogen-bond acceptors (Lipinski definition) is 2. The lowest BCUT2D eigenvalue weighted by Gasteiger charge is -2.25. The summed E-state index contributed by atoms with van der Waals surface area (Å²) in [5, 5.41) is 3.15. The van der Waals surface area contributed by atoms with Gasteiger partial charge in [-0.05, 0) is 43.7 Å². The lowest BCUT2D eigenvalue weighted by atomic mass is 9.85. The minimum absolute atomic E-state index is 0. The Balaban J connectivity index is 0.00000192. The fourth-order valence-electron chi connectivity index (χ4n) is 3.12. The van der Waals surface area contributed by atoms with E-state index in [0.29, 0.717) is 18.1 Å². The number of nitrogens with two attached hydrogens (primary N) is 1. The van der Waals surface area contributed by atoms with Gasteiger partial charge in [-0.3, -0.25) is 0 Å². The highest BCUT2D eigenvalue weighted by molar-refractivity contribution is 14.0. The van der Waals surface area contributed by atoms with Gasteiger partial charge in [0.1, 0.15) is 5.82 Å². The number of aliphatic imine (C=N–C) groups is 1. The lowest BCUT2D eigenvalue weighted by Crippen LogP contribution is -2.37. The largest absolute Gasteiger partial charge is 0.371 e. The summed E-state index contributed by atoms with van der Waals surface area (Å²) in [6.07, 6.45) is 6.20. The van der Waals surface area contributed by atoms with Gasteiger partial charge in [0.2, 0.25) is 0 Å². The van der Waals surface area contributed by atoms with Crippen molar-refractivity contribution in [3.05, 3.63) is 29.6 Å². The van der Waals surface area contributed by atoms with Crippen molar-refractivity contribution in [2.75, 3.05) is 24.5 Å². The van der Waals surface area contributed by atoms with E-state index in [1.54, 1.807) is 6.07 Å². The van der Waals surface area contributed by atoms with E-state index < -0.39 is 0 Å². The van der Waals surface area contributed by atoms with Crippen LogP contribution in [-0.4, -0.2) is 25.6 Å². The van der Waals surface area contributed by atoms with E-state index in [0.717, 1.165) is 31.2 Å². The van der Waals surface area contributed by atoms with Crippen molar-refractivity contribution in [1.29, 1.82) is 0 Å². The Labute approximate surface area is 154 Å². The molecule has 1 aliphatic carbocycles. The van der Waals surface area contributed by atoms with Crippen molar-refractivity contribution < 1.29 is 4.39 Å². The van der Waals surface area contributed by atoms with Crippen molar-refractivity contribution in [2.45, 2.75) is 38.6 Å². The summed E-state index contributed by atoms with van der Waals surface area (Å²) in [6.45, 7) is 3.17. The summed E-state index contributed by atoms with van der Waals surface area (Å²) in [7, 11) is 0. The molecule has 2 fully saturated rings. The van der Waals surface area contributed by atoms with Crippen LogP contribution < -0.4 is 16.0 Å². The molecule has 1 saturated carbocycles. The molecule has 6 heteroatoms. The fraction of sp³-hybridized carbons (Fsp3) is 0.588. The normalized spacial score (nSPS) is 18.5. The van der Waals surface area contributed by atoms with Gasteiger partial charge in [-0.1, -0.05) is 12.5 Å². The minimum Gasteiger partial charge on any atom is -0.371 e. The van der Waals surface area contributed by atoms with Crippen LogP contribution in [0, 0.1) is 11.7 Å². The third kappa shape index (κ3) is 4.71. The molecule has 1 heterocycles. The Morgan fingerprint density at radius 1 is 1.26 bits per heavy atom. The number of guanidine groups is 1. The summed E-state index contributed by atoms with van der Waals surface area (Å²) >= 11 is 0. The van der Waals surface area contributed by atoms with Gasteiger partial charge in [0.05, 0.1) is 6.54 Å². The number of rotatable bonds is 5. The van der Waals surface area contributed by atoms with Gasteiger partial charge in [0.25, 0.3) is 0 Å². The molecule has 23 heavy (non-hydrogen) atoms. The fourth-order valence-corrected chi connectivity index (χ4v) is 3.12. The Kier molecular flexibility index (Phi) is 6.92. The summed E-state index contributed by atoms with van der Waals surface area (Å²) < 4.78 is 14.2.